The Morgan fingerprint density at radius 2 is 1.95 bits per heavy atom. The molecule has 0 aliphatic rings. The number of hydrogen-bond donors (Lipinski definition) is 3. The van der Waals surface area contributed by atoms with Crippen molar-refractivity contribution in [3.8, 4) is 11.3 Å². The van der Waals surface area contributed by atoms with Crippen LogP contribution in [0.5, 0.6) is 0 Å². The van der Waals surface area contributed by atoms with Crippen LogP contribution >= 0.6 is 0 Å². The van der Waals surface area contributed by atoms with Crippen molar-refractivity contribution in [3.05, 3.63) is 60.7 Å². The van der Waals surface area contributed by atoms with E-state index in [0.717, 1.165) is 5.69 Å². The summed E-state index contributed by atoms with van der Waals surface area (Å²) >= 11 is 0. The van der Waals surface area contributed by atoms with Crippen LogP contribution in [0, 0.1) is 0 Å². The second kappa shape index (κ2) is 5.46. The molecular formula is C15H12N4O2. The van der Waals surface area contributed by atoms with Crippen LogP contribution in [-0.4, -0.2) is 26.0 Å². The van der Waals surface area contributed by atoms with Crippen molar-refractivity contribution in [3.63, 3.8) is 0 Å². The number of carbonyl (C=O) groups is 1. The van der Waals surface area contributed by atoms with Crippen LogP contribution in [0.25, 0.3) is 11.3 Å². The summed E-state index contributed by atoms with van der Waals surface area (Å²) in [5.41, 5.74) is 2.39. The molecule has 21 heavy (non-hydrogen) atoms. The predicted molar refractivity (Wildman–Crippen MR) is 78.5 cm³/mol. The summed E-state index contributed by atoms with van der Waals surface area (Å²) < 4.78 is 0. The molecule has 104 valence electrons. The molecule has 2 aromatic heterocycles. The van der Waals surface area contributed by atoms with E-state index in [2.05, 4.69) is 20.3 Å². The second-order valence-corrected chi connectivity index (χ2v) is 4.39. The summed E-state index contributed by atoms with van der Waals surface area (Å²) in [4.78, 5) is 21.9. The van der Waals surface area contributed by atoms with E-state index in [1.807, 2.05) is 30.3 Å². The van der Waals surface area contributed by atoms with Gasteiger partial charge in [-0.05, 0) is 18.2 Å². The Balaban J connectivity index is 1.87. The third-order valence-corrected chi connectivity index (χ3v) is 2.92. The molecule has 0 saturated heterocycles. The number of aromatic amines is 1. The lowest BCUT2D eigenvalue weighted by atomic mass is 10.2. The zero-order valence-corrected chi connectivity index (χ0v) is 10.9. The lowest BCUT2D eigenvalue weighted by molar-refractivity contribution is 0.0691. The minimum atomic E-state index is -1.00. The highest BCUT2D eigenvalue weighted by molar-refractivity contribution is 5.87. The van der Waals surface area contributed by atoms with Gasteiger partial charge in [-0.25, -0.2) is 14.8 Å². The van der Waals surface area contributed by atoms with Crippen molar-refractivity contribution in [2.45, 2.75) is 0 Å². The number of aromatic nitrogens is 3. The molecule has 3 N–H and O–H groups in total. The maximum atomic E-state index is 10.9. The van der Waals surface area contributed by atoms with E-state index in [-0.39, 0.29) is 5.69 Å². The lowest BCUT2D eigenvalue weighted by Gasteiger charge is -2.05. The molecule has 6 nitrogen and oxygen atoms in total. The van der Waals surface area contributed by atoms with Gasteiger partial charge in [-0.1, -0.05) is 18.2 Å². The molecule has 0 fully saturated rings. The van der Waals surface area contributed by atoms with Crippen molar-refractivity contribution < 1.29 is 9.90 Å². The SMILES string of the molecule is O=C(O)c1cc(-c2cc(Nc3ccccc3)ncn2)c[nH]1. The van der Waals surface area contributed by atoms with Gasteiger partial charge in [-0.15, -0.1) is 0 Å². The highest BCUT2D eigenvalue weighted by Gasteiger charge is 2.09. The number of anilines is 2. The van der Waals surface area contributed by atoms with Crippen LogP contribution < -0.4 is 5.32 Å². The van der Waals surface area contributed by atoms with Gasteiger partial charge in [0.15, 0.2) is 0 Å². The molecule has 0 aliphatic carbocycles. The summed E-state index contributed by atoms with van der Waals surface area (Å²) in [7, 11) is 0. The maximum Gasteiger partial charge on any atom is 0.352 e. The Hall–Kier alpha value is -3.15. The molecule has 0 unspecified atom stereocenters. The van der Waals surface area contributed by atoms with E-state index in [0.29, 0.717) is 17.1 Å². The van der Waals surface area contributed by atoms with Crippen LogP contribution in [-0.2, 0) is 0 Å². The molecule has 3 aromatic rings. The first kappa shape index (κ1) is 12.9. The Morgan fingerprint density at radius 1 is 1.14 bits per heavy atom. The third kappa shape index (κ3) is 2.89. The molecule has 0 amide bonds. The summed E-state index contributed by atoms with van der Waals surface area (Å²) in [6.45, 7) is 0. The first-order valence-electron chi connectivity index (χ1n) is 6.28. The van der Waals surface area contributed by atoms with Gasteiger partial charge in [0, 0.05) is 23.5 Å². The monoisotopic (exact) mass is 280 g/mol. The number of aromatic carboxylic acids is 1. The second-order valence-electron chi connectivity index (χ2n) is 4.39. The van der Waals surface area contributed by atoms with Crippen molar-refractivity contribution >= 4 is 17.5 Å². The number of H-pyrrole nitrogens is 1. The van der Waals surface area contributed by atoms with Gasteiger partial charge in [-0.3, -0.25) is 0 Å². The standard InChI is InChI=1S/C15H12N4O2/c20-15(21)13-6-10(8-16-13)12-7-14(18-9-17-12)19-11-4-2-1-3-5-11/h1-9,16H,(H,20,21)(H,17,18,19). The minimum absolute atomic E-state index is 0.126. The van der Waals surface area contributed by atoms with Crippen LogP contribution in [0.3, 0.4) is 0 Å². The summed E-state index contributed by atoms with van der Waals surface area (Å²) in [6, 6.07) is 13.0. The van der Waals surface area contributed by atoms with Gasteiger partial charge in [0.2, 0.25) is 0 Å². The van der Waals surface area contributed by atoms with Gasteiger partial charge in [0.25, 0.3) is 0 Å². The largest absolute Gasteiger partial charge is 0.477 e. The van der Waals surface area contributed by atoms with Crippen molar-refractivity contribution in [2.24, 2.45) is 0 Å². The van der Waals surface area contributed by atoms with E-state index in [1.54, 1.807) is 12.3 Å². The van der Waals surface area contributed by atoms with Gasteiger partial charge in [-0.2, -0.15) is 0 Å². The van der Waals surface area contributed by atoms with Crippen molar-refractivity contribution in [1.82, 2.24) is 15.0 Å². The number of carboxylic acids is 1. The zero-order chi connectivity index (χ0) is 14.7. The van der Waals surface area contributed by atoms with E-state index in [1.165, 1.54) is 12.4 Å². The molecule has 0 saturated carbocycles. The van der Waals surface area contributed by atoms with Gasteiger partial charge < -0.3 is 15.4 Å². The Morgan fingerprint density at radius 3 is 2.67 bits per heavy atom. The summed E-state index contributed by atoms with van der Waals surface area (Å²) in [6.07, 6.45) is 3.05. The van der Waals surface area contributed by atoms with Gasteiger partial charge in [0.05, 0.1) is 5.69 Å². The molecule has 0 aliphatic heterocycles. The number of rotatable bonds is 4. The van der Waals surface area contributed by atoms with E-state index in [4.69, 9.17) is 5.11 Å². The van der Waals surface area contributed by atoms with E-state index in [9.17, 15) is 4.79 Å². The first-order chi connectivity index (χ1) is 10.2. The number of carboxylic acid groups (broad SMARTS) is 1. The number of benzene rings is 1. The van der Waals surface area contributed by atoms with Gasteiger partial charge >= 0.3 is 5.97 Å². The fraction of sp³-hybridized carbons (Fsp3) is 0. The molecule has 0 bridgehead atoms. The third-order valence-electron chi connectivity index (χ3n) is 2.92. The number of para-hydroxylation sites is 1. The van der Waals surface area contributed by atoms with Crippen molar-refractivity contribution in [2.75, 3.05) is 5.32 Å². The quantitative estimate of drug-likeness (QED) is 0.683. The van der Waals surface area contributed by atoms with Crippen LogP contribution in [0.15, 0.2) is 55.0 Å². The molecule has 6 heteroatoms. The Labute approximate surface area is 120 Å². The van der Waals surface area contributed by atoms with E-state index >= 15 is 0 Å². The van der Waals surface area contributed by atoms with Crippen LogP contribution in [0.2, 0.25) is 0 Å². The predicted octanol–water partition coefficient (Wildman–Crippen LogP) is 2.91. The Kier molecular flexibility index (Phi) is 3.34. The fourth-order valence-electron chi connectivity index (χ4n) is 1.92. The zero-order valence-electron chi connectivity index (χ0n) is 10.9. The molecule has 3 rings (SSSR count). The normalized spacial score (nSPS) is 10.3. The number of nitrogens with zero attached hydrogens (tertiary/aromatic N) is 2. The summed E-state index contributed by atoms with van der Waals surface area (Å²) in [5, 5.41) is 12.1. The highest BCUT2D eigenvalue weighted by atomic mass is 16.4. The molecule has 0 radical (unpaired) electrons. The number of hydrogen-bond acceptors (Lipinski definition) is 4. The molecule has 2 heterocycles. The fourth-order valence-corrected chi connectivity index (χ4v) is 1.92. The Bertz CT molecular complexity index is 768. The highest BCUT2D eigenvalue weighted by Crippen LogP contribution is 2.21. The molecule has 1 aromatic carbocycles. The van der Waals surface area contributed by atoms with Crippen LogP contribution in [0.4, 0.5) is 11.5 Å². The molecule has 0 atom stereocenters. The average molecular weight is 280 g/mol. The maximum absolute atomic E-state index is 10.9. The van der Waals surface area contributed by atoms with Crippen LogP contribution in [0.1, 0.15) is 10.5 Å². The smallest absolute Gasteiger partial charge is 0.352 e. The topological polar surface area (TPSA) is 90.9 Å². The lowest BCUT2D eigenvalue weighted by Crippen LogP contribution is -1.95. The summed E-state index contributed by atoms with van der Waals surface area (Å²) in [5.74, 6) is -0.359. The average Bonchev–Trinajstić information content (AvgIpc) is 2.99. The molecule has 0 spiro atoms. The number of nitrogens with one attached hydrogen (secondary N) is 2. The van der Waals surface area contributed by atoms with Crippen molar-refractivity contribution in [1.29, 1.82) is 0 Å². The van der Waals surface area contributed by atoms with E-state index < -0.39 is 5.97 Å². The minimum Gasteiger partial charge on any atom is -0.477 e. The first-order valence-corrected chi connectivity index (χ1v) is 6.28. The van der Waals surface area contributed by atoms with Gasteiger partial charge in [0.1, 0.15) is 17.8 Å². The molecular weight excluding hydrogens is 268 g/mol.